The molecule has 0 saturated carbocycles. The van der Waals surface area contributed by atoms with Crippen molar-refractivity contribution < 1.29 is 58.2 Å². The summed E-state index contributed by atoms with van der Waals surface area (Å²) in [4.78, 5) is 138. The first-order valence-electron chi connectivity index (χ1n) is 22.7. The number of fused-ring (bicyclic) bond motifs is 2. The predicted octanol–water partition coefficient (Wildman–Crippen LogP) is -5.32. The lowest BCUT2D eigenvalue weighted by Gasteiger charge is -2.49. The fourth-order valence-electron chi connectivity index (χ4n) is 7.80. The number of nitrogens with one attached hydrogen (secondary N) is 8. The number of carbonyl (C=O) groups is 10. The monoisotopic (exact) mass is 937 g/mol. The third-order valence-corrected chi connectivity index (χ3v) is 12.5. The second kappa shape index (κ2) is 24.9. The summed E-state index contributed by atoms with van der Waals surface area (Å²) in [5, 5.41) is 40.6. The van der Waals surface area contributed by atoms with Crippen LogP contribution in [0.25, 0.3) is 0 Å². The van der Waals surface area contributed by atoms with Crippen molar-refractivity contribution in [1.82, 2.24) is 52.3 Å². The quantitative estimate of drug-likeness (QED) is 0.0814. The third kappa shape index (κ3) is 13.8. The zero-order chi connectivity index (χ0) is 49.5. The zero-order valence-corrected chi connectivity index (χ0v) is 39.0. The SMILES string of the molecule is CC(C)[C@@H]1NC(=O)[C@]2(C)CCN2C(=O)CNC(=O)[C@H](CCCCN)NC(=O)[C@H](CO)NC(=O)[C@H](C(C)C)NC(=O)[C@@]2(C)CCN2C(=O)CNC(=O)[C@H](CCCCN)NC(=O)[C@H](CO)NC1=O. The van der Waals surface area contributed by atoms with Gasteiger partial charge in [-0.1, -0.05) is 27.7 Å². The third-order valence-electron chi connectivity index (χ3n) is 12.5. The largest absolute Gasteiger partial charge is 0.394 e. The Labute approximate surface area is 384 Å². The van der Waals surface area contributed by atoms with Crippen molar-refractivity contribution in [3.63, 3.8) is 0 Å². The van der Waals surface area contributed by atoms with Crippen LogP contribution < -0.4 is 54.0 Å². The standard InChI is InChI=1S/C42H72N12O12/c1-23(2)31-37(63)49-27(21-55)35(61)47-25(11-7-9-15-43)33(59)46-20-30(58)54-18-14-42(54,6)40(66)52-32(24(3)4)38(64)50-28(22-56)36(62)48-26(12-8-10-16-44)34(60)45-19-29(57)53-17-13-41(53,5)39(65)51-31/h23-28,31-32,55-56H,7-22,43-44H2,1-6H3,(H,45,60)(H,46,59)(H,47,61)(H,48,62)(H,49,63)(H,50,64)(H,51,65)(H,52,66)/t25-,26-,27-,28-,31-,32-,41-,42+/m0/s1. The highest BCUT2D eigenvalue weighted by molar-refractivity contribution is 6.00. The second-order valence-electron chi connectivity index (χ2n) is 18.1. The molecule has 8 atom stereocenters. The molecule has 0 radical (unpaired) electrons. The van der Waals surface area contributed by atoms with Gasteiger partial charge in [-0.05, 0) is 90.1 Å². The van der Waals surface area contributed by atoms with E-state index in [0.717, 1.165) is 0 Å². The van der Waals surface area contributed by atoms with Gasteiger partial charge in [-0.2, -0.15) is 0 Å². The van der Waals surface area contributed by atoms with Crippen LogP contribution in [0.15, 0.2) is 0 Å². The molecule has 0 unspecified atom stereocenters. The summed E-state index contributed by atoms with van der Waals surface area (Å²) in [6.45, 7) is 7.31. The maximum absolute atomic E-state index is 13.8. The topological polar surface area (TPSA) is 366 Å². The van der Waals surface area contributed by atoms with Crippen LogP contribution in [0, 0.1) is 11.8 Å². The zero-order valence-electron chi connectivity index (χ0n) is 39.0. The van der Waals surface area contributed by atoms with Crippen molar-refractivity contribution in [3.8, 4) is 0 Å². The van der Waals surface area contributed by atoms with Crippen LogP contribution >= 0.6 is 0 Å². The summed E-state index contributed by atoms with van der Waals surface area (Å²) in [7, 11) is 0. The van der Waals surface area contributed by atoms with Gasteiger partial charge in [-0.25, -0.2) is 0 Å². The van der Waals surface area contributed by atoms with Crippen molar-refractivity contribution in [1.29, 1.82) is 0 Å². The lowest BCUT2D eigenvalue weighted by atomic mass is 9.84. The van der Waals surface area contributed by atoms with Gasteiger partial charge in [0.25, 0.3) is 0 Å². The minimum absolute atomic E-state index is 0.0634. The van der Waals surface area contributed by atoms with Crippen molar-refractivity contribution in [2.45, 2.75) is 140 Å². The highest BCUT2D eigenvalue weighted by Crippen LogP contribution is 2.32. The summed E-state index contributed by atoms with van der Waals surface area (Å²) in [6, 6.07) is -8.20. The molecule has 3 aliphatic rings. The molecule has 0 aromatic rings. The maximum Gasteiger partial charge on any atom is 0.246 e. The van der Waals surface area contributed by atoms with E-state index in [1.807, 2.05) is 0 Å². The van der Waals surface area contributed by atoms with E-state index in [0.29, 0.717) is 25.7 Å². The highest BCUT2D eigenvalue weighted by Gasteiger charge is 2.52. The van der Waals surface area contributed by atoms with Crippen molar-refractivity contribution >= 4 is 59.1 Å². The number of aliphatic hydroxyl groups is 2. The van der Waals surface area contributed by atoms with Gasteiger partial charge < -0.3 is 74.0 Å². The number of nitrogens with zero attached hydrogens (tertiary/aromatic N) is 2. The molecule has 372 valence electrons. The average Bonchev–Trinajstić information content (AvgIpc) is 3.26. The minimum atomic E-state index is -1.58. The Kier molecular flexibility index (Phi) is 20.7. The van der Waals surface area contributed by atoms with Crippen molar-refractivity contribution in [2.24, 2.45) is 23.3 Å². The van der Waals surface area contributed by atoms with E-state index in [1.165, 1.54) is 23.6 Å². The summed E-state index contributed by atoms with van der Waals surface area (Å²) in [5.74, 6) is -8.97. The van der Waals surface area contributed by atoms with Crippen LogP contribution in [0.2, 0.25) is 0 Å². The summed E-state index contributed by atoms with van der Waals surface area (Å²) >= 11 is 0. The fourth-order valence-corrected chi connectivity index (χ4v) is 7.80. The van der Waals surface area contributed by atoms with E-state index < -0.39 is 145 Å². The van der Waals surface area contributed by atoms with Crippen LogP contribution in [-0.2, 0) is 47.9 Å². The molecule has 0 bridgehead atoms. The van der Waals surface area contributed by atoms with Gasteiger partial charge in [-0.3, -0.25) is 47.9 Å². The Balaban J connectivity index is 1.98. The molecule has 3 aliphatic heterocycles. The number of nitrogens with two attached hydrogens (primary N) is 2. The molecule has 3 heterocycles. The lowest BCUT2D eigenvalue weighted by molar-refractivity contribution is -0.158. The van der Waals surface area contributed by atoms with Gasteiger partial charge in [0.05, 0.1) is 26.3 Å². The van der Waals surface area contributed by atoms with Crippen LogP contribution in [-0.4, -0.2) is 179 Å². The Morgan fingerprint density at radius 3 is 1.12 bits per heavy atom. The van der Waals surface area contributed by atoms with Gasteiger partial charge in [0.1, 0.15) is 47.3 Å². The van der Waals surface area contributed by atoms with Crippen molar-refractivity contribution in [2.75, 3.05) is 52.5 Å². The van der Waals surface area contributed by atoms with Gasteiger partial charge in [0.15, 0.2) is 0 Å². The predicted molar refractivity (Wildman–Crippen MR) is 237 cm³/mol. The normalized spacial score (nSPS) is 29.7. The molecule has 0 aliphatic carbocycles. The first kappa shape index (κ1) is 54.9. The molecule has 14 N–H and O–H groups in total. The minimum Gasteiger partial charge on any atom is -0.394 e. The average molecular weight is 937 g/mol. The van der Waals surface area contributed by atoms with E-state index in [1.54, 1.807) is 27.7 Å². The van der Waals surface area contributed by atoms with E-state index in [4.69, 9.17) is 11.5 Å². The molecular formula is C42H72N12O12. The number of rotatable bonds is 12. The molecule has 0 spiro atoms. The van der Waals surface area contributed by atoms with E-state index in [2.05, 4.69) is 42.5 Å². The number of aliphatic hydroxyl groups excluding tert-OH is 2. The number of hydrogen-bond donors (Lipinski definition) is 12. The van der Waals surface area contributed by atoms with E-state index in [-0.39, 0.29) is 51.9 Å². The molecule has 10 amide bonds. The molecule has 0 aromatic carbocycles. The lowest BCUT2D eigenvalue weighted by Crippen LogP contribution is -2.70. The molecule has 66 heavy (non-hydrogen) atoms. The molecular weight excluding hydrogens is 865 g/mol. The highest BCUT2D eigenvalue weighted by atomic mass is 16.3. The van der Waals surface area contributed by atoms with Gasteiger partial charge in [0, 0.05) is 13.1 Å². The van der Waals surface area contributed by atoms with E-state index >= 15 is 0 Å². The van der Waals surface area contributed by atoms with Crippen molar-refractivity contribution in [3.05, 3.63) is 0 Å². The van der Waals surface area contributed by atoms with Crippen LogP contribution in [0.3, 0.4) is 0 Å². The Morgan fingerprint density at radius 2 is 0.848 bits per heavy atom. The number of amides is 10. The smallest absolute Gasteiger partial charge is 0.246 e. The molecule has 3 fully saturated rings. The van der Waals surface area contributed by atoms with Gasteiger partial charge in [0.2, 0.25) is 59.1 Å². The number of unbranched alkanes of at least 4 members (excludes halogenated alkanes) is 2. The fraction of sp³-hybridized carbons (Fsp3) is 0.762. The molecule has 3 saturated heterocycles. The maximum atomic E-state index is 13.8. The Hall–Kier alpha value is -5.46. The molecule has 24 nitrogen and oxygen atoms in total. The summed E-state index contributed by atoms with van der Waals surface area (Å²) in [6.07, 6.45) is 2.21. The molecule has 0 aromatic heterocycles. The van der Waals surface area contributed by atoms with Crippen LogP contribution in [0.5, 0.6) is 0 Å². The number of hydrogen-bond acceptors (Lipinski definition) is 14. The first-order valence-corrected chi connectivity index (χ1v) is 22.7. The first-order chi connectivity index (χ1) is 31.1. The Bertz CT molecular complexity index is 1670. The molecule has 3 rings (SSSR count). The molecule has 24 heteroatoms. The number of carbonyl (C=O) groups excluding carboxylic acids is 10. The summed E-state index contributed by atoms with van der Waals surface area (Å²) < 4.78 is 0. The van der Waals surface area contributed by atoms with Gasteiger partial charge in [-0.15, -0.1) is 0 Å². The van der Waals surface area contributed by atoms with Gasteiger partial charge >= 0.3 is 0 Å². The van der Waals surface area contributed by atoms with E-state index in [9.17, 15) is 58.2 Å². The Morgan fingerprint density at radius 1 is 0.515 bits per heavy atom. The van der Waals surface area contributed by atoms with Crippen LogP contribution in [0.1, 0.15) is 92.9 Å². The summed E-state index contributed by atoms with van der Waals surface area (Å²) in [5.41, 5.74) is 8.38. The van der Waals surface area contributed by atoms with Crippen LogP contribution in [0.4, 0.5) is 0 Å². The second-order valence-corrected chi connectivity index (χ2v) is 18.1.